The minimum atomic E-state index is -0.514. The van der Waals surface area contributed by atoms with Crippen LogP contribution < -0.4 is 0 Å². The van der Waals surface area contributed by atoms with Gasteiger partial charge < -0.3 is 0 Å². The normalized spacial score (nSPS) is 12.5. The minimum absolute atomic E-state index is 0.514. The molecule has 9 heteroatoms. The molecule has 0 unspecified atom stereocenters. The van der Waals surface area contributed by atoms with Gasteiger partial charge in [0.15, 0.2) is 52.4 Å². The predicted molar refractivity (Wildman–Crippen MR) is 601 cm³/mol. The summed E-state index contributed by atoms with van der Waals surface area (Å²) in [7, 11) is 0. The van der Waals surface area contributed by atoms with Gasteiger partial charge in [-0.3, -0.25) is 0 Å². The molecule has 2 aliphatic rings. The molecule has 0 bridgehead atoms. The third kappa shape index (κ3) is 15.1. The highest BCUT2D eigenvalue weighted by Gasteiger charge is 2.48. The summed E-state index contributed by atoms with van der Waals surface area (Å²) >= 11 is 0. The van der Waals surface area contributed by atoms with Crippen molar-refractivity contribution >= 4 is 97.0 Å². The lowest BCUT2D eigenvalue weighted by Crippen LogP contribution is -2.28. The van der Waals surface area contributed by atoms with Crippen LogP contribution in [-0.4, -0.2) is 44.9 Å². The Morgan fingerprint density at radius 2 is 0.315 bits per heavy atom. The Hall–Kier alpha value is -19.4. The first-order valence-corrected chi connectivity index (χ1v) is 49.6. The predicted octanol–water partition coefficient (Wildman–Crippen LogP) is 33.7. The summed E-state index contributed by atoms with van der Waals surface area (Å²) < 4.78 is 0. The summed E-state index contributed by atoms with van der Waals surface area (Å²) in [5, 5.41) is 21.4. The van der Waals surface area contributed by atoms with Gasteiger partial charge in [-0.1, -0.05) is 473 Å². The summed E-state index contributed by atoms with van der Waals surface area (Å²) in [6.07, 6.45) is 0. The maximum absolute atomic E-state index is 5.21. The van der Waals surface area contributed by atoms with Gasteiger partial charge in [0, 0.05) is 50.1 Å². The van der Waals surface area contributed by atoms with Crippen molar-refractivity contribution in [1.29, 1.82) is 0 Å². The van der Waals surface area contributed by atoms with Crippen molar-refractivity contribution in [3.8, 4) is 125 Å². The van der Waals surface area contributed by atoms with Crippen LogP contribution in [0.15, 0.2) is 528 Å². The SMILES string of the molecule is c1ccc(C2(c3cccc(-c4nc(-c5ccc6ccccc6c5)nc(-c5ccc6ccccc6c5)n4)c3)c3ccccc3-c3ccccc32)cc1.c1ccc(C2(c3ccccc3)c3ccccc3-c3ccc(-c4nc(-c5ccc6ccccc6c5)nc(-c5ccc6ccccc6c5)n4)cc32)cc1.c1ccc2cc(-c3nc(-c4ccc5ccccc5c4)nc(-c4ccc5c6ccccc6c6ccccc6c5c4)n3)ccc2c1. The number of rotatable bonds is 13. The van der Waals surface area contributed by atoms with Crippen molar-refractivity contribution in [2.24, 2.45) is 0 Å². The molecule has 9 nitrogen and oxygen atoms in total. The topological polar surface area (TPSA) is 116 Å². The zero-order valence-corrected chi connectivity index (χ0v) is 79.3. The Balaban J connectivity index is 0.000000109. The molecule has 146 heavy (non-hydrogen) atoms. The molecule has 0 spiro atoms. The first-order valence-electron chi connectivity index (χ1n) is 49.6. The van der Waals surface area contributed by atoms with Crippen LogP contribution in [0, 0.1) is 0 Å². The van der Waals surface area contributed by atoms with Crippen molar-refractivity contribution < 1.29 is 0 Å². The molecule has 0 N–H and O–H groups in total. The Morgan fingerprint density at radius 3 is 0.623 bits per heavy atom. The van der Waals surface area contributed by atoms with E-state index in [0.717, 1.165) is 82.4 Å². The highest BCUT2D eigenvalue weighted by Crippen LogP contribution is 2.59. The monoisotopic (exact) mass is 1860 g/mol. The summed E-state index contributed by atoms with van der Waals surface area (Å²) in [6, 6.07) is 187. The average Bonchev–Trinajstić information content (AvgIpc) is 1.54. The largest absolute Gasteiger partial charge is 0.208 e. The number of benzene rings is 24. The molecular weight excluding hydrogens is 1770 g/mol. The summed E-state index contributed by atoms with van der Waals surface area (Å²) in [5.41, 5.74) is 22.5. The van der Waals surface area contributed by atoms with E-state index in [-0.39, 0.29) is 0 Å². The van der Waals surface area contributed by atoms with E-state index < -0.39 is 10.8 Å². The van der Waals surface area contributed by atoms with E-state index in [1.807, 2.05) is 0 Å². The van der Waals surface area contributed by atoms with Gasteiger partial charge in [0.05, 0.1) is 10.8 Å². The Labute approximate surface area is 843 Å². The molecule has 29 rings (SSSR count). The highest BCUT2D eigenvalue weighted by molar-refractivity contribution is 6.26. The lowest BCUT2D eigenvalue weighted by molar-refractivity contribution is 0.768. The van der Waals surface area contributed by atoms with E-state index in [0.29, 0.717) is 52.4 Å². The molecule has 3 heterocycles. The lowest BCUT2D eigenvalue weighted by Gasteiger charge is -2.34. The second kappa shape index (κ2) is 36.1. The van der Waals surface area contributed by atoms with Crippen LogP contribution in [0.1, 0.15) is 44.5 Å². The van der Waals surface area contributed by atoms with Crippen LogP contribution in [0.3, 0.4) is 0 Å². The van der Waals surface area contributed by atoms with Gasteiger partial charge in [0.25, 0.3) is 0 Å². The maximum atomic E-state index is 5.21. The Kier molecular flexibility index (Phi) is 21.2. The van der Waals surface area contributed by atoms with Crippen LogP contribution >= 0.6 is 0 Å². The molecule has 0 saturated carbocycles. The third-order valence-corrected chi connectivity index (χ3v) is 29.4. The Bertz CT molecular complexity index is 9390. The number of hydrogen-bond acceptors (Lipinski definition) is 9. The second-order valence-electron chi connectivity index (χ2n) is 37.7. The zero-order valence-electron chi connectivity index (χ0n) is 79.3. The number of hydrogen-bond donors (Lipinski definition) is 0. The molecular formula is C137H87N9. The van der Waals surface area contributed by atoms with Crippen LogP contribution in [0.5, 0.6) is 0 Å². The van der Waals surface area contributed by atoms with Crippen LogP contribution in [0.25, 0.3) is 222 Å². The summed E-state index contributed by atoms with van der Waals surface area (Å²) in [5.74, 6) is 5.85. The smallest absolute Gasteiger partial charge is 0.164 e. The van der Waals surface area contributed by atoms with E-state index in [9.17, 15) is 0 Å². The van der Waals surface area contributed by atoms with E-state index >= 15 is 0 Å². The molecule has 0 amide bonds. The molecule has 2 aliphatic carbocycles. The third-order valence-electron chi connectivity index (χ3n) is 29.4. The quantitative estimate of drug-likeness (QED) is 0.104. The van der Waals surface area contributed by atoms with E-state index in [1.165, 1.54) is 131 Å². The van der Waals surface area contributed by atoms with E-state index in [1.54, 1.807) is 0 Å². The van der Waals surface area contributed by atoms with Gasteiger partial charge in [-0.05, 0) is 218 Å². The van der Waals surface area contributed by atoms with Gasteiger partial charge in [-0.15, -0.1) is 0 Å². The van der Waals surface area contributed by atoms with Gasteiger partial charge in [0.2, 0.25) is 0 Å². The van der Waals surface area contributed by atoms with Gasteiger partial charge in [-0.2, -0.15) is 0 Å². The first kappa shape index (κ1) is 85.8. The first-order chi connectivity index (χ1) is 72.3. The molecule has 0 radical (unpaired) electrons. The molecule has 24 aromatic carbocycles. The van der Waals surface area contributed by atoms with Crippen LogP contribution in [0.2, 0.25) is 0 Å². The Morgan fingerprint density at radius 1 is 0.110 bits per heavy atom. The fraction of sp³-hybridized carbons (Fsp3) is 0.0146. The van der Waals surface area contributed by atoms with Gasteiger partial charge in [-0.25, -0.2) is 44.9 Å². The van der Waals surface area contributed by atoms with Crippen molar-refractivity contribution in [3.05, 3.63) is 572 Å². The average molecular weight is 1860 g/mol. The molecule has 3 aromatic heterocycles. The van der Waals surface area contributed by atoms with Crippen LogP contribution in [0.4, 0.5) is 0 Å². The lowest BCUT2D eigenvalue weighted by atomic mass is 9.67. The maximum Gasteiger partial charge on any atom is 0.164 e. The van der Waals surface area contributed by atoms with Crippen molar-refractivity contribution in [1.82, 2.24) is 44.9 Å². The summed E-state index contributed by atoms with van der Waals surface area (Å²) in [4.78, 5) is 46.3. The van der Waals surface area contributed by atoms with Crippen molar-refractivity contribution in [2.75, 3.05) is 0 Å². The fourth-order valence-corrected chi connectivity index (χ4v) is 22.5. The van der Waals surface area contributed by atoms with Crippen molar-refractivity contribution in [2.45, 2.75) is 10.8 Å². The standard InChI is InChI=1S/2C48H31N3.C41H25N3/c1-3-17-39(18-4-1)48(40-19-5-2-6-20-40)43-22-12-11-21-41(43)42-28-27-38(31-44(42)48)47-50-45(36-25-23-32-13-7-9-15-34(32)29-36)49-46(51-47)37-26-24-33-14-8-10-16-35(33)30-37;1-2-18-39(19-3-1)48(43-23-10-8-21-41(43)42-22-9-11-24-44(42)48)40-20-12-17-36(31-40)45-49-46(37-27-25-32-13-4-6-15-34(32)29-37)51-47(50-45)38-28-26-33-14-5-7-16-35(33)30-38;1-3-11-28-23-30(19-17-26(28)9-1)39-42-40(31-20-18-27-10-2-4-12-29(27)24-31)44-41(43-39)32-21-22-37-35-15-6-5-13-33(35)34-14-7-8-16-36(34)38(37)25-32/h2*1-31H;1-25H. The highest BCUT2D eigenvalue weighted by atomic mass is 15.1. The van der Waals surface area contributed by atoms with E-state index in [2.05, 4.69) is 528 Å². The molecule has 0 saturated heterocycles. The number of nitrogens with zero attached hydrogens (tertiary/aromatic N) is 9. The van der Waals surface area contributed by atoms with Gasteiger partial charge >= 0.3 is 0 Å². The molecule has 27 aromatic rings. The second-order valence-corrected chi connectivity index (χ2v) is 37.7. The van der Waals surface area contributed by atoms with E-state index in [4.69, 9.17) is 44.9 Å². The molecule has 0 aliphatic heterocycles. The fourth-order valence-electron chi connectivity index (χ4n) is 22.5. The number of aromatic nitrogens is 9. The minimum Gasteiger partial charge on any atom is -0.208 e. The van der Waals surface area contributed by atoms with Crippen molar-refractivity contribution in [3.63, 3.8) is 0 Å². The zero-order chi connectivity index (χ0) is 96.6. The summed E-state index contributed by atoms with van der Waals surface area (Å²) in [6.45, 7) is 0. The molecule has 0 atom stereocenters. The molecule has 680 valence electrons. The van der Waals surface area contributed by atoms with Gasteiger partial charge in [0.1, 0.15) is 0 Å². The number of fused-ring (bicyclic) bond motifs is 18. The van der Waals surface area contributed by atoms with Crippen LogP contribution in [-0.2, 0) is 10.8 Å². The molecule has 0 fully saturated rings.